The van der Waals surface area contributed by atoms with Crippen LogP contribution in [0.1, 0.15) is 25.0 Å². The summed E-state index contributed by atoms with van der Waals surface area (Å²) in [7, 11) is 0. The number of fused-ring (bicyclic) bond motifs is 2. The van der Waals surface area contributed by atoms with Crippen LogP contribution in [0.15, 0.2) is 60.7 Å². The first-order valence-corrected chi connectivity index (χ1v) is 9.64. The fourth-order valence-electron chi connectivity index (χ4n) is 4.73. The molecule has 2 aliphatic rings. The van der Waals surface area contributed by atoms with E-state index >= 15 is 0 Å². The first kappa shape index (κ1) is 16.8. The molecule has 2 aliphatic heterocycles. The maximum atomic E-state index is 2.69. The summed E-state index contributed by atoms with van der Waals surface area (Å²) in [6.45, 7) is 12.1. The van der Waals surface area contributed by atoms with Crippen LogP contribution in [0.2, 0.25) is 0 Å². The largest absolute Gasteiger partial charge is 0.298 e. The van der Waals surface area contributed by atoms with Crippen molar-refractivity contribution in [2.24, 2.45) is 17.3 Å². The second-order valence-corrected chi connectivity index (χ2v) is 8.57. The monoisotopic (exact) mass is 334 g/mol. The molecular formula is C23H30N2. The Morgan fingerprint density at radius 2 is 1.04 bits per heavy atom. The molecule has 2 aromatic carbocycles. The minimum absolute atomic E-state index is 0.459. The number of rotatable bonds is 4. The lowest BCUT2D eigenvalue weighted by atomic mass is 9.63. The normalized spacial score (nSPS) is 26.5. The average molecular weight is 335 g/mol. The van der Waals surface area contributed by atoms with E-state index in [9.17, 15) is 0 Å². The van der Waals surface area contributed by atoms with E-state index in [1.165, 1.54) is 37.3 Å². The van der Waals surface area contributed by atoms with Crippen LogP contribution in [0, 0.1) is 17.3 Å². The molecule has 0 unspecified atom stereocenters. The fourth-order valence-corrected chi connectivity index (χ4v) is 4.73. The number of hydrogen-bond acceptors (Lipinski definition) is 2. The summed E-state index contributed by atoms with van der Waals surface area (Å²) >= 11 is 0. The molecule has 0 amide bonds. The van der Waals surface area contributed by atoms with Gasteiger partial charge in [0.25, 0.3) is 0 Å². The van der Waals surface area contributed by atoms with Gasteiger partial charge in [0.05, 0.1) is 0 Å². The van der Waals surface area contributed by atoms with Gasteiger partial charge < -0.3 is 0 Å². The lowest BCUT2D eigenvalue weighted by Crippen LogP contribution is -2.60. The zero-order valence-electron chi connectivity index (χ0n) is 15.6. The minimum Gasteiger partial charge on any atom is -0.298 e. The highest BCUT2D eigenvalue weighted by atomic mass is 15.2. The van der Waals surface area contributed by atoms with Gasteiger partial charge in [0, 0.05) is 39.3 Å². The zero-order chi connectivity index (χ0) is 17.3. The van der Waals surface area contributed by atoms with Crippen LogP contribution in [-0.4, -0.2) is 36.0 Å². The van der Waals surface area contributed by atoms with Gasteiger partial charge >= 0.3 is 0 Å². The molecule has 0 aromatic heterocycles. The van der Waals surface area contributed by atoms with Crippen LogP contribution in [0.3, 0.4) is 0 Å². The second kappa shape index (κ2) is 6.93. The van der Waals surface area contributed by atoms with Crippen LogP contribution < -0.4 is 0 Å². The van der Waals surface area contributed by atoms with Gasteiger partial charge in [-0.3, -0.25) is 9.80 Å². The van der Waals surface area contributed by atoms with Gasteiger partial charge in [-0.1, -0.05) is 74.5 Å². The molecule has 0 atom stereocenters. The van der Waals surface area contributed by atoms with E-state index in [0.29, 0.717) is 5.41 Å². The van der Waals surface area contributed by atoms with Crippen LogP contribution in [0.5, 0.6) is 0 Å². The van der Waals surface area contributed by atoms with Crippen molar-refractivity contribution >= 4 is 0 Å². The highest BCUT2D eigenvalue weighted by molar-refractivity contribution is 5.16. The van der Waals surface area contributed by atoms with Crippen molar-refractivity contribution in [3.8, 4) is 0 Å². The Kier molecular flexibility index (Phi) is 4.66. The lowest BCUT2D eigenvalue weighted by molar-refractivity contribution is -0.0762. The maximum Gasteiger partial charge on any atom is 0.0233 e. The fraction of sp³-hybridized carbons (Fsp3) is 0.478. The Balaban J connectivity index is 1.44. The summed E-state index contributed by atoms with van der Waals surface area (Å²) in [5.74, 6) is 1.51. The van der Waals surface area contributed by atoms with Crippen LogP contribution in [0.25, 0.3) is 0 Å². The molecule has 2 aromatic rings. The van der Waals surface area contributed by atoms with Gasteiger partial charge in [-0.05, 0) is 28.4 Å². The third-order valence-corrected chi connectivity index (χ3v) is 6.52. The van der Waals surface area contributed by atoms with Gasteiger partial charge in [-0.25, -0.2) is 0 Å². The van der Waals surface area contributed by atoms with E-state index in [4.69, 9.17) is 0 Å². The number of likely N-dealkylation sites (tertiary alicyclic amines) is 2. The predicted octanol–water partition coefficient (Wildman–Crippen LogP) is 4.28. The number of hydrogen-bond donors (Lipinski definition) is 0. The predicted molar refractivity (Wildman–Crippen MR) is 104 cm³/mol. The lowest BCUT2D eigenvalue weighted by Gasteiger charge is -2.56. The van der Waals surface area contributed by atoms with E-state index in [1.807, 2.05) is 0 Å². The summed E-state index contributed by atoms with van der Waals surface area (Å²) in [4.78, 5) is 5.38. The molecule has 2 bridgehead atoms. The van der Waals surface area contributed by atoms with Gasteiger partial charge in [0.15, 0.2) is 0 Å². The number of piperidine rings is 2. The Labute approximate surface area is 152 Å². The van der Waals surface area contributed by atoms with Crippen molar-refractivity contribution in [3.63, 3.8) is 0 Å². The Hall–Kier alpha value is -1.64. The number of nitrogens with zero attached hydrogens (tertiary/aromatic N) is 2. The topological polar surface area (TPSA) is 6.48 Å². The van der Waals surface area contributed by atoms with E-state index < -0.39 is 0 Å². The SMILES string of the molecule is CC1(C)C2CN(Cc3ccccc3)CC1CN(Cc1ccccc1)C2. The minimum atomic E-state index is 0.459. The Bertz CT molecular complexity index is 608. The van der Waals surface area contributed by atoms with Crippen LogP contribution in [0.4, 0.5) is 0 Å². The summed E-state index contributed by atoms with van der Waals surface area (Å²) in [5.41, 5.74) is 3.35. The summed E-state index contributed by atoms with van der Waals surface area (Å²) in [6.07, 6.45) is 0. The summed E-state index contributed by atoms with van der Waals surface area (Å²) < 4.78 is 0. The third-order valence-electron chi connectivity index (χ3n) is 6.52. The molecule has 2 heterocycles. The molecule has 0 saturated carbocycles. The highest BCUT2D eigenvalue weighted by Crippen LogP contribution is 2.44. The highest BCUT2D eigenvalue weighted by Gasteiger charge is 2.47. The third kappa shape index (κ3) is 3.65. The molecule has 4 rings (SSSR count). The average Bonchev–Trinajstić information content (AvgIpc) is 2.59. The molecular weight excluding hydrogens is 304 g/mol. The Morgan fingerprint density at radius 3 is 1.40 bits per heavy atom. The maximum absolute atomic E-state index is 2.69. The zero-order valence-corrected chi connectivity index (χ0v) is 15.6. The van der Waals surface area contributed by atoms with Crippen molar-refractivity contribution in [1.82, 2.24) is 9.80 Å². The van der Waals surface area contributed by atoms with Crippen molar-refractivity contribution in [2.75, 3.05) is 26.2 Å². The van der Waals surface area contributed by atoms with E-state index in [1.54, 1.807) is 0 Å². The molecule has 25 heavy (non-hydrogen) atoms. The molecule has 132 valence electrons. The van der Waals surface area contributed by atoms with Crippen molar-refractivity contribution in [1.29, 1.82) is 0 Å². The summed E-state index contributed by atoms with van der Waals surface area (Å²) in [5, 5.41) is 0. The Morgan fingerprint density at radius 1 is 0.680 bits per heavy atom. The first-order chi connectivity index (χ1) is 12.1. The smallest absolute Gasteiger partial charge is 0.0233 e. The van der Waals surface area contributed by atoms with Crippen molar-refractivity contribution in [2.45, 2.75) is 26.9 Å². The molecule has 2 fully saturated rings. The summed E-state index contributed by atoms with van der Waals surface area (Å²) in [6, 6.07) is 21.9. The molecule has 2 heteroatoms. The van der Waals surface area contributed by atoms with Gasteiger partial charge in [0.1, 0.15) is 0 Å². The van der Waals surface area contributed by atoms with E-state index in [2.05, 4.69) is 84.3 Å². The standard InChI is InChI=1S/C23H30N2/c1-23(2)21-15-24(13-19-9-5-3-6-10-19)16-22(23)18-25(17-21)14-20-11-7-4-8-12-20/h3-12,21-22H,13-18H2,1-2H3. The quantitative estimate of drug-likeness (QED) is 0.823. The van der Waals surface area contributed by atoms with E-state index in [-0.39, 0.29) is 0 Å². The molecule has 2 nitrogen and oxygen atoms in total. The molecule has 0 aliphatic carbocycles. The van der Waals surface area contributed by atoms with Gasteiger partial charge in [-0.15, -0.1) is 0 Å². The van der Waals surface area contributed by atoms with Crippen molar-refractivity contribution < 1.29 is 0 Å². The first-order valence-electron chi connectivity index (χ1n) is 9.64. The molecule has 2 saturated heterocycles. The molecule has 0 radical (unpaired) electrons. The van der Waals surface area contributed by atoms with E-state index in [0.717, 1.165) is 24.9 Å². The van der Waals surface area contributed by atoms with Gasteiger partial charge in [0.2, 0.25) is 0 Å². The van der Waals surface area contributed by atoms with Crippen LogP contribution >= 0.6 is 0 Å². The van der Waals surface area contributed by atoms with Gasteiger partial charge in [-0.2, -0.15) is 0 Å². The number of benzene rings is 2. The molecule has 0 N–H and O–H groups in total. The second-order valence-electron chi connectivity index (χ2n) is 8.57. The van der Waals surface area contributed by atoms with Crippen molar-refractivity contribution in [3.05, 3.63) is 71.8 Å². The molecule has 0 spiro atoms. The van der Waals surface area contributed by atoms with Crippen LogP contribution in [-0.2, 0) is 13.1 Å².